The number of carbonyl (C=O) groups excluding carboxylic acids is 1. The summed E-state index contributed by atoms with van der Waals surface area (Å²) < 4.78 is 4.92. The van der Waals surface area contributed by atoms with Gasteiger partial charge in [0.2, 0.25) is 6.54 Å². The molecular weight excluding hydrogens is 222 g/mol. The van der Waals surface area contributed by atoms with Crippen molar-refractivity contribution in [2.45, 2.75) is 26.2 Å². The summed E-state index contributed by atoms with van der Waals surface area (Å²) in [5, 5.41) is 10.8. The van der Waals surface area contributed by atoms with E-state index < -0.39 is 5.41 Å². The largest absolute Gasteiger partial charge is 0.466 e. The van der Waals surface area contributed by atoms with Crippen molar-refractivity contribution >= 4 is 5.97 Å². The second-order valence-electron chi connectivity index (χ2n) is 4.97. The summed E-state index contributed by atoms with van der Waals surface area (Å²) >= 11 is 0. The molecule has 0 heterocycles. The van der Waals surface area contributed by atoms with E-state index in [1.54, 1.807) is 6.92 Å². The van der Waals surface area contributed by atoms with Crippen LogP contribution in [0.25, 0.3) is 0 Å². The number of fused-ring (bicyclic) bond motifs is 1. The number of esters is 1. The average molecular weight is 239 g/mol. The van der Waals surface area contributed by atoms with Crippen molar-refractivity contribution in [3.8, 4) is 0 Å². The topological polar surface area (TPSA) is 69.4 Å². The lowest BCUT2D eigenvalue weighted by molar-refractivity contribution is -0.506. The first-order chi connectivity index (χ1) is 8.07. The molecule has 0 bridgehead atoms. The molecule has 0 aromatic heterocycles. The number of ether oxygens (including phenoxy) is 1. The van der Waals surface area contributed by atoms with Gasteiger partial charge in [-0.15, -0.1) is 0 Å². The van der Waals surface area contributed by atoms with Crippen LogP contribution in [-0.2, 0) is 9.53 Å². The number of hydrogen-bond donors (Lipinski definition) is 0. The van der Waals surface area contributed by atoms with Crippen molar-refractivity contribution in [2.75, 3.05) is 13.2 Å². The third kappa shape index (κ3) is 2.18. The highest BCUT2D eigenvalue weighted by Gasteiger charge is 2.57. The first kappa shape index (κ1) is 12.1. The molecule has 0 saturated heterocycles. The molecule has 1 saturated carbocycles. The molecule has 3 atom stereocenters. The molecule has 0 amide bonds. The van der Waals surface area contributed by atoms with Gasteiger partial charge in [-0.2, -0.15) is 0 Å². The van der Waals surface area contributed by atoms with E-state index in [2.05, 4.69) is 12.2 Å². The van der Waals surface area contributed by atoms with Gasteiger partial charge in [0, 0.05) is 10.3 Å². The van der Waals surface area contributed by atoms with E-state index in [-0.39, 0.29) is 29.8 Å². The summed E-state index contributed by atoms with van der Waals surface area (Å²) in [6, 6.07) is 0. The Morgan fingerprint density at radius 1 is 1.65 bits per heavy atom. The van der Waals surface area contributed by atoms with Crippen LogP contribution in [0.5, 0.6) is 0 Å². The number of nitro groups is 1. The summed E-state index contributed by atoms with van der Waals surface area (Å²) in [6.07, 6.45) is 5.98. The van der Waals surface area contributed by atoms with Crippen LogP contribution in [0, 0.1) is 27.4 Å². The van der Waals surface area contributed by atoms with Crippen molar-refractivity contribution in [1.29, 1.82) is 0 Å². The minimum absolute atomic E-state index is 0.116. The molecule has 0 spiro atoms. The normalized spacial score (nSPS) is 33.9. The van der Waals surface area contributed by atoms with Crippen LogP contribution < -0.4 is 0 Å². The van der Waals surface area contributed by atoms with Gasteiger partial charge >= 0.3 is 5.97 Å². The van der Waals surface area contributed by atoms with E-state index >= 15 is 0 Å². The van der Waals surface area contributed by atoms with E-state index in [9.17, 15) is 14.9 Å². The van der Waals surface area contributed by atoms with Gasteiger partial charge in [0.15, 0.2) is 0 Å². The summed E-state index contributed by atoms with van der Waals surface area (Å²) in [5.41, 5.74) is -0.468. The molecule has 0 aromatic carbocycles. The molecule has 2 aliphatic rings. The number of allylic oxidation sites excluding steroid dienone is 2. The van der Waals surface area contributed by atoms with Crippen LogP contribution >= 0.6 is 0 Å². The molecule has 2 aliphatic carbocycles. The van der Waals surface area contributed by atoms with Crippen molar-refractivity contribution in [2.24, 2.45) is 17.3 Å². The van der Waals surface area contributed by atoms with E-state index in [1.807, 2.05) is 0 Å². The first-order valence-electron chi connectivity index (χ1n) is 6.01. The van der Waals surface area contributed by atoms with Crippen LogP contribution in [0.1, 0.15) is 26.2 Å². The minimum atomic E-state index is -0.468. The highest BCUT2D eigenvalue weighted by molar-refractivity contribution is 5.70. The monoisotopic (exact) mass is 239 g/mol. The fourth-order valence-electron chi connectivity index (χ4n) is 3.28. The summed E-state index contributed by atoms with van der Waals surface area (Å²) in [5.74, 6) is 0.390. The first-order valence-corrected chi connectivity index (χ1v) is 6.01. The summed E-state index contributed by atoms with van der Waals surface area (Å²) in [4.78, 5) is 22.0. The molecule has 5 heteroatoms. The highest BCUT2D eigenvalue weighted by Crippen LogP contribution is 2.58. The number of hydrogen-bond acceptors (Lipinski definition) is 4. The Bertz CT molecular complexity index is 366. The standard InChI is InChI=1S/C12H17NO4/c1-2-17-11(14)7-12(8-13(15)16)6-9-4-3-5-10(9)12/h3-4,9-10H,2,5-8H2,1H3/t9-,10-,12-/m0/s1. The van der Waals surface area contributed by atoms with Crippen LogP contribution in [0.4, 0.5) is 0 Å². The third-order valence-electron chi connectivity index (χ3n) is 3.96. The van der Waals surface area contributed by atoms with Crippen molar-refractivity contribution < 1.29 is 14.5 Å². The van der Waals surface area contributed by atoms with Crippen LogP contribution in [0.3, 0.4) is 0 Å². The molecule has 2 rings (SSSR count). The fourth-order valence-corrected chi connectivity index (χ4v) is 3.28. The predicted molar refractivity (Wildman–Crippen MR) is 60.9 cm³/mol. The van der Waals surface area contributed by atoms with Gasteiger partial charge in [0.25, 0.3) is 0 Å². The molecule has 0 aromatic rings. The van der Waals surface area contributed by atoms with Gasteiger partial charge < -0.3 is 4.74 Å². The van der Waals surface area contributed by atoms with Gasteiger partial charge in [-0.1, -0.05) is 12.2 Å². The lowest BCUT2D eigenvalue weighted by Crippen LogP contribution is -2.51. The molecule has 17 heavy (non-hydrogen) atoms. The quantitative estimate of drug-likeness (QED) is 0.317. The van der Waals surface area contributed by atoms with E-state index in [1.165, 1.54) is 0 Å². The minimum Gasteiger partial charge on any atom is -0.466 e. The number of rotatable bonds is 5. The number of carbonyl (C=O) groups is 1. The molecule has 0 unspecified atom stereocenters. The lowest BCUT2D eigenvalue weighted by atomic mass is 9.53. The molecule has 0 radical (unpaired) electrons. The Labute approximate surface area is 100.0 Å². The fraction of sp³-hybridized carbons (Fsp3) is 0.750. The van der Waals surface area contributed by atoms with Gasteiger partial charge in [-0.3, -0.25) is 14.9 Å². The molecule has 0 aliphatic heterocycles. The molecule has 1 fully saturated rings. The van der Waals surface area contributed by atoms with Gasteiger partial charge in [-0.25, -0.2) is 0 Å². The van der Waals surface area contributed by atoms with Gasteiger partial charge in [-0.05, 0) is 31.6 Å². The zero-order valence-corrected chi connectivity index (χ0v) is 9.93. The maximum absolute atomic E-state index is 11.6. The van der Waals surface area contributed by atoms with Crippen LogP contribution in [-0.4, -0.2) is 24.0 Å². The second-order valence-corrected chi connectivity index (χ2v) is 4.97. The average Bonchev–Trinajstić information content (AvgIpc) is 2.59. The SMILES string of the molecule is CCOC(=O)C[C@]1(C[N+](=O)[O-])C[C@@H]2C=CC[C@@H]21. The van der Waals surface area contributed by atoms with Gasteiger partial charge in [0.1, 0.15) is 0 Å². The smallest absolute Gasteiger partial charge is 0.306 e. The summed E-state index contributed by atoms with van der Waals surface area (Å²) in [6.45, 7) is 1.97. The Kier molecular flexibility index (Phi) is 3.17. The predicted octanol–water partition coefficient (Wildman–Crippen LogP) is 1.80. The third-order valence-corrected chi connectivity index (χ3v) is 3.96. The van der Waals surface area contributed by atoms with Crippen molar-refractivity contribution in [3.63, 3.8) is 0 Å². The van der Waals surface area contributed by atoms with E-state index in [0.29, 0.717) is 12.5 Å². The van der Waals surface area contributed by atoms with E-state index in [4.69, 9.17) is 4.74 Å². The Balaban J connectivity index is 2.04. The van der Waals surface area contributed by atoms with Crippen LogP contribution in [0.15, 0.2) is 12.2 Å². The number of nitrogens with zero attached hydrogens (tertiary/aromatic N) is 1. The van der Waals surface area contributed by atoms with Crippen LogP contribution in [0.2, 0.25) is 0 Å². The maximum Gasteiger partial charge on any atom is 0.306 e. The lowest BCUT2D eigenvalue weighted by Gasteiger charge is -2.49. The Morgan fingerprint density at radius 2 is 2.41 bits per heavy atom. The van der Waals surface area contributed by atoms with Gasteiger partial charge in [0.05, 0.1) is 13.0 Å². The molecule has 94 valence electrons. The van der Waals surface area contributed by atoms with E-state index in [0.717, 1.165) is 12.8 Å². The zero-order valence-electron chi connectivity index (χ0n) is 9.93. The molecule has 5 nitrogen and oxygen atoms in total. The molecule has 0 N–H and O–H groups in total. The highest BCUT2D eigenvalue weighted by atomic mass is 16.6. The Morgan fingerprint density at radius 3 is 3.00 bits per heavy atom. The summed E-state index contributed by atoms with van der Waals surface area (Å²) in [7, 11) is 0. The zero-order chi connectivity index (χ0) is 12.5. The van der Waals surface area contributed by atoms with Crippen molar-refractivity contribution in [3.05, 3.63) is 22.3 Å². The molecular formula is C12H17NO4. The Hall–Kier alpha value is -1.39. The maximum atomic E-state index is 11.6. The van der Waals surface area contributed by atoms with Crippen molar-refractivity contribution in [1.82, 2.24) is 0 Å². The second kappa shape index (κ2) is 4.47.